The second-order valence-electron chi connectivity index (χ2n) is 7.81. The standard InChI is InChI=1S/C25H24N4O3S2/c1-15-9-16(2)11-19(10-15)29-23(31)21(12-18-5-7-20(32-4)8-6-18)27-25(29)34-14-22(30)28-24-26-17(3)13-33-24/h5-13H,14H2,1-4H3,(H,26,28,30)/b21-12-. The van der Waals surface area contributed by atoms with Crippen LogP contribution >= 0.6 is 23.1 Å². The summed E-state index contributed by atoms with van der Waals surface area (Å²) in [5.74, 6) is 0.390. The van der Waals surface area contributed by atoms with E-state index >= 15 is 0 Å². The minimum atomic E-state index is -0.237. The molecule has 0 saturated carbocycles. The van der Waals surface area contributed by atoms with E-state index in [1.807, 2.05) is 68.6 Å². The molecule has 1 aromatic heterocycles. The van der Waals surface area contributed by atoms with Crippen LogP contribution < -0.4 is 15.0 Å². The number of methoxy groups -OCH3 is 1. The Morgan fingerprint density at radius 1 is 1.15 bits per heavy atom. The van der Waals surface area contributed by atoms with Crippen LogP contribution in [0.25, 0.3) is 6.08 Å². The first-order chi connectivity index (χ1) is 16.3. The molecule has 3 aromatic rings. The monoisotopic (exact) mass is 492 g/mol. The molecule has 0 atom stereocenters. The molecule has 1 aliphatic heterocycles. The minimum absolute atomic E-state index is 0.0991. The van der Waals surface area contributed by atoms with Gasteiger partial charge in [-0.05, 0) is 67.8 Å². The number of nitrogens with zero attached hydrogens (tertiary/aromatic N) is 3. The number of amides is 2. The van der Waals surface area contributed by atoms with Gasteiger partial charge in [0.15, 0.2) is 10.3 Å². The number of thiazole rings is 1. The molecule has 0 aliphatic carbocycles. The largest absolute Gasteiger partial charge is 0.497 e. The predicted octanol–water partition coefficient (Wildman–Crippen LogP) is 5.19. The highest BCUT2D eigenvalue weighted by atomic mass is 32.2. The van der Waals surface area contributed by atoms with Crippen LogP contribution in [0.3, 0.4) is 0 Å². The first-order valence-corrected chi connectivity index (χ1v) is 12.4. The number of carbonyl (C=O) groups excluding carboxylic acids is 2. The molecule has 9 heteroatoms. The average Bonchev–Trinajstić information content (AvgIpc) is 3.34. The summed E-state index contributed by atoms with van der Waals surface area (Å²) in [6.45, 7) is 5.84. The molecule has 174 valence electrons. The number of hydrogen-bond donors (Lipinski definition) is 1. The smallest absolute Gasteiger partial charge is 0.283 e. The van der Waals surface area contributed by atoms with Gasteiger partial charge in [-0.15, -0.1) is 11.3 Å². The number of rotatable bonds is 6. The Balaban J connectivity index is 1.60. The van der Waals surface area contributed by atoms with Gasteiger partial charge in [0, 0.05) is 5.38 Å². The summed E-state index contributed by atoms with van der Waals surface area (Å²) in [6.07, 6.45) is 1.74. The summed E-state index contributed by atoms with van der Waals surface area (Å²) in [7, 11) is 1.61. The SMILES string of the molecule is COc1ccc(/C=C2\N=C(SCC(=O)Nc3nc(C)cs3)N(c3cc(C)cc(C)c3)C2=O)cc1. The Hall–Kier alpha value is -3.43. The van der Waals surface area contributed by atoms with Crippen molar-refractivity contribution in [2.45, 2.75) is 20.8 Å². The van der Waals surface area contributed by atoms with Crippen molar-refractivity contribution in [3.63, 3.8) is 0 Å². The van der Waals surface area contributed by atoms with Gasteiger partial charge in [-0.1, -0.05) is 30.0 Å². The van der Waals surface area contributed by atoms with Crippen molar-refractivity contribution in [1.82, 2.24) is 4.98 Å². The lowest BCUT2D eigenvalue weighted by Crippen LogP contribution is -2.31. The highest BCUT2D eigenvalue weighted by Crippen LogP contribution is 2.31. The summed E-state index contributed by atoms with van der Waals surface area (Å²) in [5, 5.41) is 5.68. The third-order valence-electron chi connectivity index (χ3n) is 4.91. The molecule has 34 heavy (non-hydrogen) atoms. The van der Waals surface area contributed by atoms with Gasteiger partial charge in [-0.2, -0.15) is 0 Å². The molecule has 2 heterocycles. The van der Waals surface area contributed by atoms with Gasteiger partial charge in [0.05, 0.1) is 24.2 Å². The van der Waals surface area contributed by atoms with Gasteiger partial charge < -0.3 is 10.1 Å². The van der Waals surface area contributed by atoms with Crippen molar-refractivity contribution in [3.8, 4) is 5.75 Å². The maximum atomic E-state index is 13.4. The number of hydrogen-bond acceptors (Lipinski definition) is 7. The molecule has 0 radical (unpaired) electrons. The number of aryl methyl sites for hydroxylation is 3. The Kier molecular flexibility index (Phi) is 7.14. The van der Waals surface area contributed by atoms with Gasteiger partial charge in [0.1, 0.15) is 11.4 Å². The van der Waals surface area contributed by atoms with E-state index in [1.54, 1.807) is 18.1 Å². The van der Waals surface area contributed by atoms with Gasteiger partial charge in [0.25, 0.3) is 5.91 Å². The van der Waals surface area contributed by atoms with Gasteiger partial charge in [-0.3, -0.25) is 14.5 Å². The highest BCUT2D eigenvalue weighted by Gasteiger charge is 2.32. The third-order valence-corrected chi connectivity index (χ3v) is 6.73. The summed E-state index contributed by atoms with van der Waals surface area (Å²) in [4.78, 5) is 36.3. The lowest BCUT2D eigenvalue weighted by Gasteiger charge is -2.19. The van der Waals surface area contributed by atoms with Crippen LogP contribution in [0.5, 0.6) is 5.75 Å². The zero-order valence-corrected chi connectivity index (χ0v) is 20.9. The normalized spacial score (nSPS) is 14.5. The molecule has 0 fully saturated rings. The maximum Gasteiger partial charge on any atom is 0.283 e. The summed E-state index contributed by atoms with van der Waals surface area (Å²) in [5.41, 5.74) is 4.79. The lowest BCUT2D eigenvalue weighted by molar-refractivity contribution is -0.114. The van der Waals surface area contributed by atoms with E-state index < -0.39 is 0 Å². The Morgan fingerprint density at radius 3 is 2.47 bits per heavy atom. The first-order valence-electron chi connectivity index (χ1n) is 10.5. The van der Waals surface area contributed by atoms with Crippen LogP contribution in [-0.2, 0) is 9.59 Å². The fourth-order valence-corrected chi connectivity index (χ4v) is 4.97. The topological polar surface area (TPSA) is 83.9 Å². The van der Waals surface area contributed by atoms with Gasteiger partial charge >= 0.3 is 0 Å². The van der Waals surface area contributed by atoms with E-state index in [9.17, 15) is 9.59 Å². The second-order valence-corrected chi connectivity index (χ2v) is 9.62. The zero-order chi connectivity index (χ0) is 24.2. The molecular weight excluding hydrogens is 468 g/mol. The van der Waals surface area contributed by atoms with Crippen LogP contribution in [0.4, 0.5) is 10.8 Å². The Morgan fingerprint density at radius 2 is 1.85 bits per heavy atom. The number of aromatic nitrogens is 1. The first kappa shape index (κ1) is 23.7. The Bertz CT molecular complexity index is 1280. The lowest BCUT2D eigenvalue weighted by atomic mass is 10.1. The van der Waals surface area contributed by atoms with Crippen LogP contribution in [0.1, 0.15) is 22.4 Å². The minimum Gasteiger partial charge on any atom is -0.497 e. The summed E-state index contributed by atoms with van der Waals surface area (Å²) < 4.78 is 5.20. The number of anilines is 2. The number of benzene rings is 2. The molecule has 2 aromatic carbocycles. The van der Waals surface area contributed by atoms with Crippen molar-refractivity contribution in [2.24, 2.45) is 4.99 Å². The molecular formula is C25H24N4O3S2. The number of ether oxygens (including phenoxy) is 1. The van der Waals surface area contributed by atoms with Crippen LogP contribution in [0, 0.1) is 20.8 Å². The van der Waals surface area contributed by atoms with Crippen LogP contribution in [0.15, 0.2) is 58.5 Å². The molecule has 0 unspecified atom stereocenters. The maximum absolute atomic E-state index is 13.4. The predicted molar refractivity (Wildman–Crippen MR) is 140 cm³/mol. The summed E-state index contributed by atoms with van der Waals surface area (Å²) in [6, 6.07) is 13.3. The van der Waals surface area contributed by atoms with Gasteiger partial charge in [-0.25, -0.2) is 9.98 Å². The van der Waals surface area contributed by atoms with Gasteiger partial charge in [0.2, 0.25) is 5.91 Å². The molecule has 2 amide bonds. The zero-order valence-electron chi connectivity index (χ0n) is 19.3. The average molecular weight is 493 g/mol. The number of aliphatic imine (C=N–C) groups is 1. The van der Waals surface area contributed by atoms with Crippen molar-refractivity contribution in [2.75, 3.05) is 23.1 Å². The fraction of sp³-hybridized carbons (Fsp3) is 0.200. The van der Waals surface area contributed by atoms with Crippen molar-refractivity contribution in [3.05, 3.63) is 75.9 Å². The van der Waals surface area contributed by atoms with Crippen LogP contribution in [0.2, 0.25) is 0 Å². The number of thioether (sulfide) groups is 1. The molecule has 0 spiro atoms. The van der Waals surface area contributed by atoms with Crippen molar-refractivity contribution < 1.29 is 14.3 Å². The van der Waals surface area contributed by atoms with E-state index in [0.29, 0.717) is 16.0 Å². The number of amidine groups is 1. The van der Waals surface area contributed by atoms with Crippen molar-refractivity contribution in [1.29, 1.82) is 0 Å². The van der Waals surface area contributed by atoms with E-state index in [4.69, 9.17) is 4.74 Å². The van der Waals surface area contributed by atoms with Crippen molar-refractivity contribution >= 4 is 57.0 Å². The molecule has 4 rings (SSSR count). The molecule has 1 aliphatic rings. The molecule has 0 saturated heterocycles. The highest BCUT2D eigenvalue weighted by molar-refractivity contribution is 8.14. The fourth-order valence-electron chi connectivity index (χ4n) is 3.46. The molecule has 0 bridgehead atoms. The van der Waals surface area contributed by atoms with E-state index in [0.717, 1.165) is 33.8 Å². The summed E-state index contributed by atoms with van der Waals surface area (Å²) >= 11 is 2.59. The quantitative estimate of drug-likeness (QED) is 0.479. The van der Waals surface area contributed by atoms with E-state index in [2.05, 4.69) is 15.3 Å². The third kappa shape index (κ3) is 5.55. The number of carbonyl (C=O) groups is 2. The van der Waals surface area contributed by atoms with E-state index in [1.165, 1.54) is 23.1 Å². The molecule has 7 nitrogen and oxygen atoms in total. The van der Waals surface area contributed by atoms with E-state index in [-0.39, 0.29) is 17.6 Å². The second kappa shape index (κ2) is 10.2. The Labute approximate surface area is 206 Å². The van der Waals surface area contributed by atoms with Crippen LogP contribution in [-0.4, -0.2) is 34.8 Å². The molecule has 1 N–H and O–H groups in total. The number of nitrogens with one attached hydrogen (secondary N) is 1.